The van der Waals surface area contributed by atoms with Crippen LogP contribution >= 0.6 is 23.5 Å². The van der Waals surface area contributed by atoms with E-state index in [1.165, 1.54) is 23.5 Å². The van der Waals surface area contributed by atoms with Crippen LogP contribution in [0.25, 0.3) is 0 Å². The molecule has 1 N–H and O–H groups in total. The van der Waals surface area contributed by atoms with Gasteiger partial charge in [0.1, 0.15) is 0 Å². The third-order valence-electron chi connectivity index (χ3n) is 4.38. The maximum atomic E-state index is 12.7. The molecule has 4 heteroatoms. The fraction of sp³-hybridized carbons (Fsp3) is 0.381. The molecule has 1 saturated heterocycles. The van der Waals surface area contributed by atoms with Crippen LogP contribution in [0.3, 0.4) is 0 Å². The van der Waals surface area contributed by atoms with E-state index in [2.05, 4.69) is 43.4 Å². The maximum absolute atomic E-state index is 12.7. The van der Waals surface area contributed by atoms with Gasteiger partial charge in [0.05, 0.1) is 10.6 Å². The molecular weight excluding hydrogens is 346 g/mol. The number of hydrogen-bond acceptors (Lipinski definition) is 3. The summed E-state index contributed by atoms with van der Waals surface area (Å²) in [5.74, 6) is 2.79. The van der Waals surface area contributed by atoms with Crippen LogP contribution in [0.4, 0.5) is 0 Å². The van der Waals surface area contributed by atoms with E-state index in [1.807, 2.05) is 53.9 Å². The summed E-state index contributed by atoms with van der Waals surface area (Å²) < 4.78 is 0.513. The van der Waals surface area contributed by atoms with E-state index in [-0.39, 0.29) is 11.9 Å². The van der Waals surface area contributed by atoms with Gasteiger partial charge in [-0.05, 0) is 47.1 Å². The lowest BCUT2D eigenvalue weighted by Crippen LogP contribution is -2.31. The van der Waals surface area contributed by atoms with Gasteiger partial charge in [0.15, 0.2) is 0 Å². The van der Waals surface area contributed by atoms with Crippen molar-refractivity contribution in [2.75, 3.05) is 11.5 Å². The van der Waals surface area contributed by atoms with Gasteiger partial charge in [-0.15, -0.1) is 23.5 Å². The van der Waals surface area contributed by atoms with Crippen LogP contribution in [0, 0.1) is 5.92 Å². The van der Waals surface area contributed by atoms with Crippen molar-refractivity contribution < 1.29 is 4.79 Å². The molecule has 2 aromatic carbocycles. The topological polar surface area (TPSA) is 29.1 Å². The van der Waals surface area contributed by atoms with Crippen LogP contribution < -0.4 is 5.32 Å². The zero-order chi connectivity index (χ0) is 17.6. The molecule has 0 spiro atoms. The van der Waals surface area contributed by atoms with E-state index in [0.29, 0.717) is 10.5 Å². The molecule has 1 fully saturated rings. The highest BCUT2D eigenvalue weighted by atomic mass is 32.2. The molecule has 2 aromatic rings. The molecule has 1 heterocycles. The number of hydrogen-bond donors (Lipinski definition) is 1. The van der Waals surface area contributed by atoms with Gasteiger partial charge in [0, 0.05) is 5.56 Å². The minimum Gasteiger partial charge on any atom is -0.345 e. The van der Waals surface area contributed by atoms with Crippen LogP contribution in [0.5, 0.6) is 0 Å². The van der Waals surface area contributed by atoms with E-state index >= 15 is 0 Å². The quantitative estimate of drug-likeness (QED) is 0.733. The molecule has 1 amide bonds. The van der Waals surface area contributed by atoms with Gasteiger partial charge in [-0.1, -0.05) is 56.3 Å². The molecular formula is C21H25NOS2. The van der Waals surface area contributed by atoms with E-state index in [0.717, 1.165) is 11.1 Å². The number of carbonyl (C=O) groups is 1. The van der Waals surface area contributed by atoms with E-state index in [4.69, 9.17) is 0 Å². The lowest BCUT2D eigenvalue weighted by molar-refractivity contribution is 0.0925. The van der Waals surface area contributed by atoms with Gasteiger partial charge >= 0.3 is 0 Å². The highest BCUT2D eigenvalue weighted by Gasteiger charge is 2.20. The molecule has 3 rings (SSSR count). The number of thioether (sulfide) groups is 2. The maximum Gasteiger partial charge on any atom is 0.251 e. The zero-order valence-corrected chi connectivity index (χ0v) is 16.4. The second-order valence-electron chi connectivity index (χ2n) is 6.65. The summed E-state index contributed by atoms with van der Waals surface area (Å²) in [7, 11) is 0. The monoisotopic (exact) mass is 371 g/mol. The number of nitrogens with one attached hydrogen (secondary N) is 1. The van der Waals surface area contributed by atoms with Crippen LogP contribution in [0.15, 0.2) is 54.6 Å². The number of benzene rings is 2. The Labute approximate surface area is 159 Å². The summed E-state index contributed by atoms with van der Waals surface area (Å²) in [5.41, 5.74) is 3.20. The van der Waals surface area contributed by atoms with Crippen molar-refractivity contribution in [2.45, 2.75) is 30.9 Å². The third-order valence-corrected chi connectivity index (χ3v) is 7.40. The van der Waals surface area contributed by atoms with E-state index in [1.54, 1.807) is 0 Å². The highest BCUT2D eigenvalue weighted by molar-refractivity contribution is 8.16. The SMILES string of the molecule is CC(C)C(NC(=O)c1ccc(C2SCCCS2)cc1)c1ccccc1. The summed E-state index contributed by atoms with van der Waals surface area (Å²) in [6, 6.07) is 18.4. The Kier molecular flexibility index (Phi) is 6.49. The summed E-state index contributed by atoms with van der Waals surface area (Å²) in [6.45, 7) is 4.27. The lowest BCUT2D eigenvalue weighted by atomic mass is 9.95. The molecule has 1 atom stereocenters. The summed E-state index contributed by atoms with van der Waals surface area (Å²) in [6.07, 6.45) is 1.29. The standard InChI is InChI=1S/C21H25NOS2/c1-15(2)19(16-7-4-3-5-8-16)22-20(23)17-9-11-18(12-10-17)21-24-13-6-14-25-21/h3-5,7-12,15,19,21H,6,13-14H2,1-2H3,(H,22,23). The van der Waals surface area contributed by atoms with Crippen molar-refractivity contribution in [3.8, 4) is 0 Å². The smallest absolute Gasteiger partial charge is 0.251 e. The predicted octanol–water partition coefficient (Wildman–Crippen LogP) is 5.68. The number of carbonyl (C=O) groups excluding carboxylic acids is 1. The Morgan fingerprint density at radius 1 is 1.00 bits per heavy atom. The van der Waals surface area contributed by atoms with Gasteiger partial charge in [-0.3, -0.25) is 4.79 Å². The molecule has 0 aromatic heterocycles. The van der Waals surface area contributed by atoms with Crippen molar-refractivity contribution in [1.82, 2.24) is 5.32 Å². The Morgan fingerprint density at radius 2 is 1.64 bits per heavy atom. The lowest BCUT2D eigenvalue weighted by Gasteiger charge is -2.23. The van der Waals surface area contributed by atoms with Crippen molar-refractivity contribution in [1.29, 1.82) is 0 Å². The molecule has 1 aliphatic rings. The largest absolute Gasteiger partial charge is 0.345 e. The minimum absolute atomic E-state index is 0.00180. The second kappa shape index (κ2) is 8.81. The van der Waals surface area contributed by atoms with Gasteiger partial charge in [-0.2, -0.15) is 0 Å². The Morgan fingerprint density at radius 3 is 2.24 bits per heavy atom. The van der Waals surface area contributed by atoms with Crippen LogP contribution in [-0.4, -0.2) is 17.4 Å². The van der Waals surface area contributed by atoms with Crippen LogP contribution in [0.1, 0.15) is 52.4 Å². The molecule has 0 aliphatic carbocycles. The van der Waals surface area contributed by atoms with Crippen LogP contribution in [0.2, 0.25) is 0 Å². The molecule has 1 unspecified atom stereocenters. The van der Waals surface area contributed by atoms with E-state index in [9.17, 15) is 4.79 Å². The third kappa shape index (κ3) is 4.83. The average Bonchev–Trinajstić information content (AvgIpc) is 2.67. The van der Waals surface area contributed by atoms with Crippen LogP contribution in [-0.2, 0) is 0 Å². The van der Waals surface area contributed by atoms with Crippen molar-refractivity contribution in [3.05, 3.63) is 71.3 Å². The molecule has 0 radical (unpaired) electrons. The van der Waals surface area contributed by atoms with Gasteiger partial charge in [-0.25, -0.2) is 0 Å². The Bertz CT molecular complexity index is 679. The normalized spacial score (nSPS) is 16.6. The Hall–Kier alpha value is -1.39. The fourth-order valence-electron chi connectivity index (χ4n) is 2.99. The first kappa shape index (κ1) is 18.4. The molecule has 25 heavy (non-hydrogen) atoms. The summed E-state index contributed by atoms with van der Waals surface area (Å²) >= 11 is 4.01. The molecule has 1 aliphatic heterocycles. The summed E-state index contributed by atoms with van der Waals surface area (Å²) in [5, 5.41) is 3.20. The molecule has 0 bridgehead atoms. The minimum atomic E-state index is -0.00180. The Balaban J connectivity index is 1.69. The van der Waals surface area contributed by atoms with Crippen molar-refractivity contribution in [3.63, 3.8) is 0 Å². The average molecular weight is 372 g/mol. The first-order valence-corrected chi connectivity index (χ1v) is 10.9. The second-order valence-corrected chi connectivity index (χ2v) is 9.38. The summed E-state index contributed by atoms with van der Waals surface area (Å²) in [4.78, 5) is 12.7. The van der Waals surface area contributed by atoms with Crippen molar-refractivity contribution >= 4 is 29.4 Å². The first-order valence-electron chi connectivity index (χ1n) is 8.84. The molecule has 2 nitrogen and oxygen atoms in total. The predicted molar refractivity (Wildman–Crippen MR) is 110 cm³/mol. The molecule has 0 saturated carbocycles. The van der Waals surface area contributed by atoms with Gasteiger partial charge in [0.2, 0.25) is 0 Å². The van der Waals surface area contributed by atoms with Gasteiger partial charge in [0.25, 0.3) is 5.91 Å². The first-order chi connectivity index (χ1) is 12.1. The fourth-order valence-corrected chi connectivity index (χ4v) is 5.89. The van der Waals surface area contributed by atoms with Gasteiger partial charge < -0.3 is 5.32 Å². The molecule has 132 valence electrons. The highest BCUT2D eigenvalue weighted by Crippen LogP contribution is 2.43. The van der Waals surface area contributed by atoms with Crippen molar-refractivity contribution in [2.24, 2.45) is 5.92 Å². The van der Waals surface area contributed by atoms with E-state index < -0.39 is 0 Å². The zero-order valence-electron chi connectivity index (χ0n) is 14.8. The number of amides is 1. The number of rotatable bonds is 5.